The molecule has 0 unspecified atom stereocenters. The van der Waals surface area contributed by atoms with Gasteiger partial charge < -0.3 is 52.2 Å². The molecule has 19 nitrogen and oxygen atoms in total. The van der Waals surface area contributed by atoms with Crippen LogP contribution in [0.25, 0.3) is 0 Å². The highest BCUT2D eigenvalue weighted by Crippen LogP contribution is 2.37. The molecule has 0 heterocycles. The maximum Gasteiger partial charge on any atom is 0.408 e. The summed E-state index contributed by atoms with van der Waals surface area (Å²) in [5, 5.41) is 37.1. The highest BCUT2D eigenvalue weighted by molar-refractivity contribution is 5.99. The van der Waals surface area contributed by atoms with Gasteiger partial charge >= 0.3 is 18.0 Å². The van der Waals surface area contributed by atoms with E-state index >= 15 is 0 Å². The highest BCUT2D eigenvalue weighted by Gasteiger charge is 2.42. The molecule has 0 aliphatic rings. The van der Waals surface area contributed by atoms with Crippen LogP contribution in [-0.2, 0) is 48.6 Å². The molecule has 9 N–H and O–H groups in total. The van der Waals surface area contributed by atoms with Crippen molar-refractivity contribution in [3.63, 3.8) is 0 Å². The molecule has 5 atom stereocenters. The summed E-state index contributed by atoms with van der Waals surface area (Å²) in [5.41, 5.74) is -3.46. The van der Waals surface area contributed by atoms with Crippen LogP contribution in [0.1, 0.15) is 119 Å². The first-order valence-electron chi connectivity index (χ1n) is 23.5. The lowest BCUT2D eigenvalue weighted by Gasteiger charge is -2.37. The van der Waals surface area contributed by atoms with Gasteiger partial charge in [-0.3, -0.25) is 33.6 Å². The van der Waals surface area contributed by atoms with E-state index in [0.717, 1.165) is 16.7 Å². The normalized spacial score (nSPS) is 14.0. The molecule has 0 aliphatic carbocycles. The predicted molar refractivity (Wildman–Crippen MR) is 264 cm³/mol. The Morgan fingerprint density at radius 1 is 0.549 bits per heavy atom. The zero-order chi connectivity index (χ0) is 53.5. The SMILES string of the molecule is CC[C@H](C)[C@H](NC(=O)C(C)(C)NC(=O)C(C)(C)NC(=O)[C@H](CCC(=O)NC(c1ccccc1)(c1ccccc1)c1ccccc1)NC(=O)[C@@H](NC(=O)OC(C)(C)C)C(C)C)C(=O)N[C@@H](CC(=O)O)C(=O)O. The van der Waals surface area contributed by atoms with E-state index < -0.39 is 118 Å². The zero-order valence-electron chi connectivity index (χ0n) is 42.4. The fourth-order valence-electron chi connectivity index (χ4n) is 7.44. The minimum absolute atomic E-state index is 0.297. The second kappa shape index (κ2) is 25.0. The van der Waals surface area contributed by atoms with Gasteiger partial charge in [0.2, 0.25) is 35.4 Å². The largest absolute Gasteiger partial charge is 0.481 e. The van der Waals surface area contributed by atoms with Crippen LogP contribution in [0.15, 0.2) is 91.0 Å². The second-order valence-corrected chi connectivity index (χ2v) is 19.9. The Hall–Kier alpha value is -7.31. The van der Waals surface area contributed by atoms with Crippen molar-refractivity contribution >= 4 is 53.5 Å². The van der Waals surface area contributed by atoms with Crippen molar-refractivity contribution in [1.29, 1.82) is 0 Å². The Kier molecular flexibility index (Phi) is 20.4. The van der Waals surface area contributed by atoms with Crippen LogP contribution >= 0.6 is 0 Å². The molecule has 0 spiro atoms. The molecule has 19 heteroatoms. The fraction of sp³-hybridized carbons (Fsp3) is 0.481. The third kappa shape index (κ3) is 16.7. The molecule has 0 aromatic heterocycles. The maximum absolute atomic E-state index is 14.4. The average Bonchev–Trinajstić information content (AvgIpc) is 3.29. The van der Waals surface area contributed by atoms with E-state index in [9.17, 15) is 48.3 Å². The van der Waals surface area contributed by atoms with E-state index in [0.29, 0.717) is 6.42 Å². The molecular weight excluding hydrogens is 915 g/mol. The lowest BCUT2D eigenvalue weighted by Crippen LogP contribution is -2.66. The average molecular weight is 986 g/mol. The Balaban J connectivity index is 1.96. The van der Waals surface area contributed by atoms with E-state index in [1.807, 2.05) is 91.0 Å². The standard InChI is InChI=1S/C52H71N7O12/c1-12-32(4)41(44(65)54-37(45(66)67)30-39(61)62)55-46(68)50(8,9)59-47(69)51(10,11)58-42(63)36(53-43(64)40(31(2)3)56-48(70)71-49(5,6)7)28-29-38(60)57-52(33-22-16-13-17-23-33,34-24-18-14-19-25-34)35-26-20-15-21-27-35/h13-27,31-32,36-37,40-41H,12,28-30H2,1-11H3,(H,53,64)(H,54,65)(H,55,68)(H,56,70)(H,57,60)(H,58,63)(H,59,69)(H,61,62)(H,66,67)/t32-,36-,37-,40-,41-/m0/s1. The number of nitrogens with one attached hydrogen (secondary N) is 7. The van der Waals surface area contributed by atoms with Crippen LogP contribution in [0, 0.1) is 11.8 Å². The predicted octanol–water partition coefficient (Wildman–Crippen LogP) is 4.27. The van der Waals surface area contributed by atoms with Crippen molar-refractivity contribution in [3.8, 4) is 0 Å². The number of amides is 7. The number of ether oxygens (including phenoxy) is 1. The maximum atomic E-state index is 14.4. The van der Waals surface area contributed by atoms with Gasteiger partial charge in [0.1, 0.15) is 46.4 Å². The monoisotopic (exact) mass is 986 g/mol. The Morgan fingerprint density at radius 3 is 1.42 bits per heavy atom. The number of carbonyl (C=O) groups is 9. The molecule has 386 valence electrons. The number of alkyl carbamates (subject to hydrolysis) is 1. The van der Waals surface area contributed by atoms with Gasteiger partial charge in [-0.1, -0.05) is 125 Å². The first kappa shape index (κ1) is 58.0. The van der Waals surface area contributed by atoms with E-state index in [-0.39, 0.29) is 12.8 Å². The Bertz CT molecular complexity index is 2260. The van der Waals surface area contributed by atoms with Crippen molar-refractivity contribution in [3.05, 3.63) is 108 Å². The van der Waals surface area contributed by atoms with Gasteiger partial charge in [0, 0.05) is 6.42 Å². The molecule has 0 radical (unpaired) electrons. The van der Waals surface area contributed by atoms with Gasteiger partial charge in [-0.15, -0.1) is 0 Å². The summed E-state index contributed by atoms with van der Waals surface area (Å²) >= 11 is 0. The molecule has 3 aromatic rings. The van der Waals surface area contributed by atoms with Crippen molar-refractivity contribution < 1.29 is 58.1 Å². The zero-order valence-corrected chi connectivity index (χ0v) is 42.4. The third-order valence-corrected chi connectivity index (χ3v) is 11.6. The van der Waals surface area contributed by atoms with Gasteiger partial charge in [-0.25, -0.2) is 9.59 Å². The Morgan fingerprint density at radius 2 is 1.00 bits per heavy atom. The van der Waals surface area contributed by atoms with E-state index in [4.69, 9.17) is 9.84 Å². The van der Waals surface area contributed by atoms with Crippen molar-refractivity contribution in [1.82, 2.24) is 37.2 Å². The third-order valence-electron chi connectivity index (χ3n) is 11.6. The molecule has 0 bridgehead atoms. The minimum atomic E-state index is -1.81. The molecule has 0 saturated carbocycles. The molecule has 71 heavy (non-hydrogen) atoms. The van der Waals surface area contributed by atoms with Crippen LogP contribution in [0.5, 0.6) is 0 Å². The number of benzene rings is 3. The number of carbonyl (C=O) groups excluding carboxylic acids is 7. The molecule has 0 fully saturated rings. The van der Waals surface area contributed by atoms with E-state index in [1.165, 1.54) is 27.7 Å². The number of hydrogen-bond donors (Lipinski definition) is 9. The molecule has 3 rings (SSSR count). The number of carboxylic acids is 2. The van der Waals surface area contributed by atoms with Gasteiger partial charge in [0.05, 0.1) is 6.42 Å². The second-order valence-electron chi connectivity index (χ2n) is 19.9. The number of rotatable bonds is 24. The van der Waals surface area contributed by atoms with Gasteiger partial charge in [0.25, 0.3) is 0 Å². The molecule has 0 aliphatic heterocycles. The van der Waals surface area contributed by atoms with Gasteiger partial charge in [-0.05, 0) is 83.4 Å². The quantitative estimate of drug-likeness (QED) is 0.0569. The summed E-state index contributed by atoms with van der Waals surface area (Å²) < 4.78 is 5.39. The van der Waals surface area contributed by atoms with Gasteiger partial charge in [0.15, 0.2) is 0 Å². The van der Waals surface area contributed by atoms with Crippen molar-refractivity contribution in [2.24, 2.45) is 11.8 Å². The number of carboxylic acid groups (broad SMARTS) is 2. The summed E-state index contributed by atoms with van der Waals surface area (Å²) in [7, 11) is 0. The lowest BCUT2D eigenvalue weighted by atomic mass is 9.77. The lowest BCUT2D eigenvalue weighted by molar-refractivity contribution is -0.147. The summed E-state index contributed by atoms with van der Waals surface area (Å²) in [5.74, 6) is -9.03. The Labute approximate surface area is 415 Å². The molecule has 0 saturated heterocycles. The smallest absolute Gasteiger partial charge is 0.408 e. The van der Waals surface area contributed by atoms with Crippen molar-refractivity contribution in [2.45, 2.75) is 148 Å². The van der Waals surface area contributed by atoms with Crippen molar-refractivity contribution in [2.75, 3.05) is 0 Å². The fourth-order valence-corrected chi connectivity index (χ4v) is 7.44. The molecule has 7 amide bonds. The summed E-state index contributed by atoms with van der Waals surface area (Å²) in [4.78, 5) is 120. The first-order valence-corrected chi connectivity index (χ1v) is 23.5. The molecule has 3 aromatic carbocycles. The van der Waals surface area contributed by atoms with Gasteiger partial charge in [-0.2, -0.15) is 0 Å². The van der Waals surface area contributed by atoms with Crippen LogP contribution < -0.4 is 37.2 Å². The summed E-state index contributed by atoms with van der Waals surface area (Å²) in [6, 6.07) is 22.2. The summed E-state index contributed by atoms with van der Waals surface area (Å²) in [6.45, 7) is 17.0. The highest BCUT2D eigenvalue weighted by atomic mass is 16.6. The van der Waals surface area contributed by atoms with E-state index in [2.05, 4.69) is 37.2 Å². The number of hydrogen-bond acceptors (Lipinski definition) is 10. The van der Waals surface area contributed by atoms with Crippen LogP contribution in [0.2, 0.25) is 0 Å². The topological polar surface area (TPSA) is 288 Å². The van der Waals surface area contributed by atoms with Crippen LogP contribution in [-0.4, -0.2) is 105 Å². The minimum Gasteiger partial charge on any atom is -0.481 e. The number of aliphatic carboxylic acids is 2. The molecular formula is C52H71N7O12. The van der Waals surface area contributed by atoms with Crippen LogP contribution in [0.3, 0.4) is 0 Å². The summed E-state index contributed by atoms with van der Waals surface area (Å²) in [6.07, 6.45) is -2.08. The van der Waals surface area contributed by atoms with Crippen LogP contribution in [0.4, 0.5) is 4.79 Å². The van der Waals surface area contributed by atoms with E-state index in [1.54, 1.807) is 48.5 Å². The first-order chi connectivity index (χ1) is 33.0.